The summed E-state index contributed by atoms with van der Waals surface area (Å²) in [5.41, 5.74) is 3.64. The third-order valence-corrected chi connectivity index (χ3v) is 6.62. The number of rotatable bonds is 1. The maximum absolute atomic E-state index is 5.53. The van der Waals surface area contributed by atoms with Crippen LogP contribution in [0, 0.1) is 11.8 Å². The van der Waals surface area contributed by atoms with Crippen LogP contribution in [0.15, 0.2) is 18.2 Å². The van der Waals surface area contributed by atoms with E-state index in [0.29, 0.717) is 5.41 Å². The summed E-state index contributed by atoms with van der Waals surface area (Å²) in [6, 6.07) is 7.60. The molecule has 1 aromatic rings. The zero-order valence-corrected chi connectivity index (χ0v) is 13.6. The summed E-state index contributed by atoms with van der Waals surface area (Å²) >= 11 is 0. The van der Waals surface area contributed by atoms with E-state index < -0.39 is 0 Å². The van der Waals surface area contributed by atoms with Crippen molar-refractivity contribution in [3.8, 4) is 5.75 Å². The number of piperidine rings is 1. The van der Waals surface area contributed by atoms with Gasteiger partial charge in [0.25, 0.3) is 0 Å². The van der Waals surface area contributed by atoms with E-state index in [1.807, 2.05) is 0 Å². The quantitative estimate of drug-likeness (QED) is 0.781. The summed E-state index contributed by atoms with van der Waals surface area (Å²) in [7, 11) is 4.13. The van der Waals surface area contributed by atoms with Crippen molar-refractivity contribution >= 4 is 0 Å². The SMILES string of the molecule is COc1ccc2c(c1)[C@@]13CCN(C)[C@@H](C2)[C@@H]1CC[C@H](C)C3. The van der Waals surface area contributed by atoms with Gasteiger partial charge in [0.1, 0.15) is 5.75 Å². The fourth-order valence-electron chi connectivity index (χ4n) is 5.60. The number of benzene rings is 1. The molecule has 0 radical (unpaired) electrons. The van der Waals surface area contributed by atoms with E-state index in [9.17, 15) is 0 Å². The second-order valence-corrected chi connectivity index (χ2v) is 7.67. The van der Waals surface area contributed by atoms with Gasteiger partial charge >= 0.3 is 0 Å². The molecule has 0 spiro atoms. The molecule has 114 valence electrons. The molecule has 4 rings (SSSR count). The summed E-state index contributed by atoms with van der Waals surface area (Å²) in [6.45, 7) is 3.71. The summed E-state index contributed by atoms with van der Waals surface area (Å²) < 4.78 is 5.53. The monoisotopic (exact) mass is 285 g/mol. The van der Waals surface area contributed by atoms with Crippen LogP contribution in [0.3, 0.4) is 0 Å². The third-order valence-electron chi connectivity index (χ3n) is 6.62. The summed E-state index contributed by atoms with van der Waals surface area (Å²) in [5.74, 6) is 2.76. The van der Waals surface area contributed by atoms with Gasteiger partial charge in [-0.3, -0.25) is 0 Å². The fourth-order valence-corrected chi connectivity index (χ4v) is 5.60. The Kier molecular flexibility index (Phi) is 3.08. The highest BCUT2D eigenvalue weighted by molar-refractivity contribution is 5.45. The first-order valence-corrected chi connectivity index (χ1v) is 8.52. The lowest BCUT2D eigenvalue weighted by Crippen LogP contribution is -2.60. The minimum atomic E-state index is 0.428. The van der Waals surface area contributed by atoms with E-state index >= 15 is 0 Å². The van der Waals surface area contributed by atoms with Crippen molar-refractivity contribution in [2.75, 3.05) is 20.7 Å². The van der Waals surface area contributed by atoms with Crippen molar-refractivity contribution in [1.29, 1.82) is 0 Å². The Bertz CT molecular complexity index is 554. The van der Waals surface area contributed by atoms with Crippen molar-refractivity contribution in [2.24, 2.45) is 11.8 Å². The second-order valence-electron chi connectivity index (χ2n) is 7.67. The second kappa shape index (κ2) is 4.74. The number of hydrogen-bond donors (Lipinski definition) is 0. The number of likely N-dealkylation sites (tertiary alicyclic amines) is 1. The van der Waals surface area contributed by atoms with Gasteiger partial charge in [-0.25, -0.2) is 0 Å². The molecule has 4 atom stereocenters. The molecule has 21 heavy (non-hydrogen) atoms. The molecular weight excluding hydrogens is 258 g/mol. The molecule has 3 aliphatic rings. The largest absolute Gasteiger partial charge is 0.497 e. The van der Waals surface area contributed by atoms with Crippen LogP contribution in [-0.2, 0) is 11.8 Å². The Balaban J connectivity index is 1.88. The van der Waals surface area contributed by atoms with Gasteiger partial charge in [-0.1, -0.05) is 19.4 Å². The van der Waals surface area contributed by atoms with E-state index in [2.05, 4.69) is 37.1 Å². The van der Waals surface area contributed by atoms with Gasteiger partial charge < -0.3 is 9.64 Å². The summed E-state index contributed by atoms with van der Waals surface area (Å²) in [5, 5.41) is 0. The Morgan fingerprint density at radius 1 is 1.29 bits per heavy atom. The number of fused-ring (bicyclic) bond motifs is 1. The standard InChI is InChI=1S/C19H27NO/c1-13-4-7-16-18-10-14-5-6-15(21-3)11-17(14)19(16,12-13)8-9-20(18)2/h5-6,11,13,16,18H,4,7-10,12H2,1-3H3/t13-,16-,18-,19+/m0/s1. The maximum atomic E-state index is 5.53. The van der Waals surface area contributed by atoms with Gasteiger partial charge in [-0.2, -0.15) is 0 Å². The minimum absolute atomic E-state index is 0.428. The van der Waals surface area contributed by atoms with E-state index in [-0.39, 0.29) is 0 Å². The summed E-state index contributed by atoms with van der Waals surface area (Å²) in [4.78, 5) is 2.63. The lowest BCUT2D eigenvalue weighted by atomic mass is 9.51. The molecular formula is C19H27NO. The van der Waals surface area contributed by atoms with E-state index in [1.54, 1.807) is 18.2 Å². The van der Waals surface area contributed by atoms with Crippen LogP contribution in [0.1, 0.15) is 43.7 Å². The predicted molar refractivity (Wildman–Crippen MR) is 85.9 cm³/mol. The van der Waals surface area contributed by atoms with Crippen LogP contribution in [0.5, 0.6) is 5.75 Å². The van der Waals surface area contributed by atoms with Gasteiger partial charge in [-0.15, -0.1) is 0 Å². The molecule has 2 nitrogen and oxygen atoms in total. The molecule has 1 saturated carbocycles. The smallest absolute Gasteiger partial charge is 0.119 e. The Morgan fingerprint density at radius 2 is 2.14 bits per heavy atom. The zero-order valence-electron chi connectivity index (χ0n) is 13.6. The van der Waals surface area contributed by atoms with E-state index in [0.717, 1.165) is 23.6 Å². The first kappa shape index (κ1) is 13.6. The minimum Gasteiger partial charge on any atom is -0.497 e. The number of likely N-dealkylation sites (N-methyl/N-ethyl adjacent to an activating group) is 1. The highest BCUT2D eigenvalue weighted by atomic mass is 16.5. The van der Waals surface area contributed by atoms with Crippen LogP contribution in [0.2, 0.25) is 0 Å². The summed E-state index contributed by atoms with van der Waals surface area (Å²) in [6.07, 6.45) is 6.76. The van der Waals surface area contributed by atoms with Crippen LogP contribution in [-0.4, -0.2) is 31.6 Å². The number of nitrogens with zero attached hydrogens (tertiary/aromatic N) is 1. The van der Waals surface area contributed by atoms with Crippen molar-refractivity contribution in [1.82, 2.24) is 4.90 Å². The third kappa shape index (κ3) is 1.88. The molecule has 1 aromatic carbocycles. The molecule has 2 aliphatic carbocycles. The molecule has 0 amide bonds. The Labute approximate surface area is 128 Å². The molecule has 2 heteroatoms. The van der Waals surface area contributed by atoms with Crippen molar-refractivity contribution < 1.29 is 4.74 Å². The van der Waals surface area contributed by atoms with Crippen LogP contribution in [0.25, 0.3) is 0 Å². The highest BCUT2D eigenvalue weighted by Gasteiger charge is 2.54. The molecule has 0 aromatic heterocycles. The zero-order chi connectivity index (χ0) is 14.6. The van der Waals surface area contributed by atoms with Crippen LogP contribution in [0.4, 0.5) is 0 Å². The lowest BCUT2D eigenvalue weighted by molar-refractivity contribution is -0.0110. The van der Waals surface area contributed by atoms with E-state index in [4.69, 9.17) is 4.74 Å². The van der Waals surface area contributed by atoms with Gasteiger partial charge in [0.2, 0.25) is 0 Å². The number of methoxy groups -OCH3 is 1. The number of hydrogen-bond acceptors (Lipinski definition) is 2. The first-order chi connectivity index (χ1) is 10.1. The lowest BCUT2D eigenvalue weighted by Gasteiger charge is -2.59. The fraction of sp³-hybridized carbons (Fsp3) is 0.684. The molecule has 1 heterocycles. The van der Waals surface area contributed by atoms with Gasteiger partial charge in [-0.05, 0) is 74.4 Å². The predicted octanol–water partition coefficient (Wildman–Crippen LogP) is 3.63. The van der Waals surface area contributed by atoms with Gasteiger partial charge in [0.15, 0.2) is 0 Å². The normalized spacial score (nSPS) is 38.5. The molecule has 1 saturated heterocycles. The van der Waals surface area contributed by atoms with Gasteiger partial charge in [0, 0.05) is 11.5 Å². The average Bonchev–Trinajstić information content (AvgIpc) is 2.50. The Hall–Kier alpha value is -1.02. The molecule has 1 aliphatic heterocycles. The first-order valence-electron chi connectivity index (χ1n) is 8.52. The molecule has 2 fully saturated rings. The van der Waals surface area contributed by atoms with E-state index in [1.165, 1.54) is 38.6 Å². The topological polar surface area (TPSA) is 12.5 Å². The van der Waals surface area contributed by atoms with Gasteiger partial charge in [0.05, 0.1) is 7.11 Å². The van der Waals surface area contributed by atoms with Crippen molar-refractivity contribution in [3.05, 3.63) is 29.3 Å². The molecule has 0 unspecified atom stereocenters. The highest BCUT2D eigenvalue weighted by Crippen LogP contribution is 2.57. The van der Waals surface area contributed by atoms with Crippen LogP contribution >= 0.6 is 0 Å². The maximum Gasteiger partial charge on any atom is 0.119 e. The Morgan fingerprint density at radius 3 is 2.95 bits per heavy atom. The molecule has 0 N–H and O–H groups in total. The van der Waals surface area contributed by atoms with Crippen molar-refractivity contribution in [2.45, 2.75) is 50.5 Å². The molecule has 2 bridgehead atoms. The van der Waals surface area contributed by atoms with Crippen LogP contribution < -0.4 is 4.74 Å². The average molecular weight is 285 g/mol. The number of ether oxygens (including phenoxy) is 1. The van der Waals surface area contributed by atoms with Crippen molar-refractivity contribution in [3.63, 3.8) is 0 Å².